The van der Waals surface area contributed by atoms with E-state index in [4.69, 9.17) is 0 Å². The van der Waals surface area contributed by atoms with Gasteiger partial charge in [-0.3, -0.25) is 9.59 Å². The number of benzene rings is 2. The summed E-state index contributed by atoms with van der Waals surface area (Å²) in [5, 5.41) is 2.91. The van der Waals surface area contributed by atoms with Crippen molar-refractivity contribution in [3.63, 3.8) is 0 Å². The third-order valence-corrected chi connectivity index (χ3v) is 5.69. The number of hydrogen-bond donors (Lipinski definition) is 1. The van der Waals surface area contributed by atoms with E-state index in [2.05, 4.69) is 17.4 Å². The van der Waals surface area contributed by atoms with Crippen LogP contribution >= 0.6 is 11.8 Å². The third kappa shape index (κ3) is 7.82. The maximum Gasteiger partial charge on any atom is 0.243 e. The minimum absolute atomic E-state index is 0.00393. The van der Waals surface area contributed by atoms with Gasteiger partial charge in [0.2, 0.25) is 11.8 Å². The lowest BCUT2D eigenvalue weighted by atomic mass is 10.1. The summed E-state index contributed by atoms with van der Waals surface area (Å²) in [6.45, 7) is 5.99. The van der Waals surface area contributed by atoms with E-state index in [9.17, 15) is 14.0 Å². The van der Waals surface area contributed by atoms with Crippen molar-refractivity contribution in [2.24, 2.45) is 0 Å². The predicted octanol–water partition coefficient (Wildman–Crippen LogP) is 4.78. The molecular weight excluding hydrogens is 399 g/mol. The summed E-state index contributed by atoms with van der Waals surface area (Å²) in [5.41, 5.74) is 2.03. The zero-order valence-electron chi connectivity index (χ0n) is 17.9. The van der Waals surface area contributed by atoms with Crippen LogP contribution in [0.15, 0.2) is 54.6 Å². The van der Waals surface area contributed by atoms with Crippen molar-refractivity contribution >= 4 is 23.6 Å². The van der Waals surface area contributed by atoms with Crippen molar-refractivity contribution < 1.29 is 14.0 Å². The van der Waals surface area contributed by atoms with Crippen LogP contribution in [0.25, 0.3) is 0 Å². The van der Waals surface area contributed by atoms with Crippen LogP contribution in [-0.4, -0.2) is 34.6 Å². The Hall–Kier alpha value is -2.34. The molecule has 2 amide bonds. The van der Waals surface area contributed by atoms with Crippen LogP contribution in [0, 0.1) is 5.82 Å². The van der Waals surface area contributed by atoms with Gasteiger partial charge in [-0.05, 0) is 43.5 Å². The second-order valence-electron chi connectivity index (χ2n) is 7.52. The van der Waals surface area contributed by atoms with Gasteiger partial charge in [-0.1, -0.05) is 49.4 Å². The molecule has 0 saturated heterocycles. The van der Waals surface area contributed by atoms with Crippen molar-refractivity contribution in [1.29, 1.82) is 0 Å². The van der Waals surface area contributed by atoms with Gasteiger partial charge in [-0.2, -0.15) is 11.8 Å². The van der Waals surface area contributed by atoms with Gasteiger partial charge in [0.05, 0.1) is 0 Å². The molecule has 6 heteroatoms. The first-order valence-corrected chi connectivity index (χ1v) is 11.5. The van der Waals surface area contributed by atoms with Gasteiger partial charge in [0.1, 0.15) is 11.9 Å². The molecule has 0 aliphatic rings. The van der Waals surface area contributed by atoms with E-state index in [1.54, 1.807) is 28.8 Å². The molecule has 1 N–H and O–H groups in total. The Kier molecular flexibility index (Phi) is 9.87. The largest absolute Gasteiger partial charge is 0.352 e. The van der Waals surface area contributed by atoms with Crippen molar-refractivity contribution in [3.05, 3.63) is 71.5 Å². The molecule has 0 spiro atoms. The smallest absolute Gasteiger partial charge is 0.243 e. The van der Waals surface area contributed by atoms with Crippen LogP contribution in [0.4, 0.5) is 4.39 Å². The summed E-state index contributed by atoms with van der Waals surface area (Å²) in [5.74, 6) is 0.983. The summed E-state index contributed by atoms with van der Waals surface area (Å²) in [6, 6.07) is 15.6. The third-order valence-electron chi connectivity index (χ3n) is 4.65. The van der Waals surface area contributed by atoms with Crippen LogP contribution in [0.1, 0.15) is 44.7 Å². The number of nitrogens with zero attached hydrogens (tertiary/aromatic N) is 1. The fourth-order valence-electron chi connectivity index (χ4n) is 3.15. The highest BCUT2D eigenvalue weighted by Crippen LogP contribution is 2.17. The molecule has 0 aromatic heterocycles. The first-order chi connectivity index (χ1) is 14.4. The summed E-state index contributed by atoms with van der Waals surface area (Å²) in [7, 11) is 0. The van der Waals surface area contributed by atoms with Gasteiger partial charge in [-0.25, -0.2) is 4.39 Å². The number of hydrogen-bond acceptors (Lipinski definition) is 3. The summed E-state index contributed by atoms with van der Waals surface area (Å²) in [6.07, 6.45) is 0.868. The highest BCUT2D eigenvalue weighted by Gasteiger charge is 2.28. The lowest BCUT2D eigenvalue weighted by Gasteiger charge is -2.31. The van der Waals surface area contributed by atoms with E-state index in [0.29, 0.717) is 18.6 Å². The Labute approximate surface area is 183 Å². The molecule has 0 bridgehead atoms. The first-order valence-electron chi connectivity index (χ1n) is 10.4. The molecule has 0 heterocycles. The summed E-state index contributed by atoms with van der Waals surface area (Å²) >= 11 is 1.70. The molecule has 30 heavy (non-hydrogen) atoms. The number of thioether (sulfide) groups is 1. The number of rotatable bonds is 11. The van der Waals surface area contributed by atoms with Crippen molar-refractivity contribution in [1.82, 2.24) is 10.2 Å². The maximum absolute atomic E-state index is 13.3. The molecule has 2 rings (SSSR count). The number of nitrogens with one attached hydrogen (secondary N) is 1. The maximum atomic E-state index is 13.3. The summed E-state index contributed by atoms with van der Waals surface area (Å²) < 4.78 is 13.3. The Bertz CT molecular complexity index is 797. The molecule has 0 aliphatic carbocycles. The second-order valence-corrected chi connectivity index (χ2v) is 8.63. The van der Waals surface area contributed by atoms with Crippen LogP contribution in [0.3, 0.4) is 0 Å². The van der Waals surface area contributed by atoms with Gasteiger partial charge in [-0.15, -0.1) is 0 Å². The standard InChI is InChI=1S/C24H31FN2O2S/c1-4-22(24(29)26-18(2)3)27(16-19-10-12-21(25)13-11-19)23(28)14-15-30-17-20-8-6-5-7-9-20/h5-13,18,22H,4,14-17H2,1-3H3,(H,26,29)/t22-/m0/s1. The molecule has 2 aromatic carbocycles. The minimum Gasteiger partial charge on any atom is -0.352 e. The van der Waals surface area contributed by atoms with Crippen LogP contribution in [-0.2, 0) is 21.9 Å². The average Bonchev–Trinajstić information content (AvgIpc) is 2.72. The van der Waals surface area contributed by atoms with Gasteiger partial charge in [0.15, 0.2) is 0 Å². The molecule has 0 radical (unpaired) electrons. The molecule has 0 aliphatic heterocycles. The fourth-order valence-corrected chi connectivity index (χ4v) is 4.05. The second kappa shape index (κ2) is 12.4. The molecule has 4 nitrogen and oxygen atoms in total. The normalized spacial score (nSPS) is 11.9. The SMILES string of the molecule is CC[C@@H](C(=O)NC(C)C)N(Cc1ccc(F)cc1)C(=O)CCSCc1ccccc1. The molecule has 162 valence electrons. The number of carbonyl (C=O) groups is 2. The lowest BCUT2D eigenvalue weighted by molar-refractivity contribution is -0.141. The predicted molar refractivity (Wildman–Crippen MR) is 122 cm³/mol. The minimum atomic E-state index is -0.552. The Morgan fingerprint density at radius 2 is 1.70 bits per heavy atom. The number of amides is 2. The quantitative estimate of drug-likeness (QED) is 0.522. The van der Waals surface area contributed by atoms with Crippen molar-refractivity contribution in [2.45, 2.75) is 58.0 Å². The van der Waals surface area contributed by atoms with E-state index in [-0.39, 0.29) is 30.2 Å². The molecule has 0 fully saturated rings. The lowest BCUT2D eigenvalue weighted by Crippen LogP contribution is -2.50. The summed E-state index contributed by atoms with van der Waals surface area (Å²) in [4.78, 5) is 27.4. The molecular formula is C24H31FN2O2S. The number of carbonyl (C=O) groups excluding carboxylic acids is 2. The Balaban J connectivity index is 2.05. The molecule has 0 saturated carbocycles. The van der Waals surface area contributed by atoms with Gasteiger partial charge < -0.3 is 10.2 Å². The average molecular weight is 431 g/mol. The van der Waals surface area contributed by atoms with Crippen molar-refractivity contribution in [3.8, 4) is 0 Å². The van der Waals surface area contributed by atoms with Gasteiger partial charge >= 0.3 is 0 Å². The van der Waals surface area contributed by atoms with Crippen LogP contribution < -0.4 is 5.32 Å². The van der Waals surface area contributed by atoms with Gasteiger partial charge in [0.25, 0.3) is 0 Å². The van der Waals surface area contributed by atoms with E-state index >= 15 is 0 Å². The number of halogens is 1. The fraction of sp³-hybridized carbons (Fsp3) is 0.417. The highest BCUT2D eigenvalue weighted by molar-refractivity contribution is 7.98. The Morgan fingerprint density at radius 3 is 2.30 bits per heavy atom. The molecule has 2 aromatic rings. The Morgan fingerprint density at radius 1 is 1.03 bits per heavy atom. The monoisotopic (exact) mass is 430 g/mol. The van der Waals surface area contributed by atoms with Crippen LogP contribution in [0.2, 0.25) is 0 Å². The van der Waals surface area contributed by atoms with Crippen molar-refractivity contribution in [2.75, 3.05) is 5.75 Å². The zero-order chi connectivity index (χ0) is 21.9. The van der Waals surface area contributed by atoms with E-state index < -0.39 is 6.04 Å². The zero-order valence-corrected chi connectivity index (χ0v) is 18.8. The highest BCUT2D eigenvalue weighted by atomic mass is 32.2. The van der Waals surface area contributed by atoms with E-state index in [1.807, 2.05) is 39.0 Å². The molecule has 0 unspecified atom stereocenters. The molecule has 1 atom stereocenters. The van der Waals surface area contributed by atoms with Crippen LogP contribution in [0.5, 0.6) is 0 Å². The first kappa shape index (κ1) is 23.9. The topological polar surface area (TPSA) is 49.4 Å². The van der Waals surface area contributed by atoms with Gasteiger partial charge in [0, 0.05) is 30.5 Å². The van der Waals surface area contributed by atoms with E-state index in [0.717, 1.165) is 11.3 Å². The van der Waals surface area contributed by atoms with E-state index in [1.165, 1.54) is 17.7 Å².